The number of esters is 2. The smallest absolute Gasteiger partial charge is 0.419 e. The number of ether oxygens (including phenoxy) is 2. The second-order valence-corrected chi connectivity index (χ2v) is 5.93. The molecule has 4 nitrogen and oxygen atoms in total. The number of rotatable bonds is 7. The van der Waals surface area contributed by atoms with Crippen molar-refractivity contribution in [3.8, 4) is 5.75 Å². The van der Waals surface area contributed by atoms with Crippen molar-refractivity contribution < 1.29 is 36.6 Å². The summed E-state index contributed by atoms with van der Waals surface area (Å²) in [6.07, 6.45) is -2.24. The maximum Gasteiger partial charge on any atom is 0.419 e. The van der Waals surface area contributed by atoms with Gasteiger partial charge in [0, 0.05) is 0 Å². The fourth-order valence-corrected chi connectivity index (χ4v) is 2.31. The van der Waals surface area contributed by atoms with E-state index in [0.29, 0.717) is 6.07 Å². The summed E-state index contributed by atoms with van der Waals surface area (Å²) in [5.74, 6) is -4.11. The van der Waals surface area contributed by atoms with Crippen LogP contribution in [-0.4, -0.2) is 18.5 Å². The highest BCUT2D eigenvalue weighted by atomic mass is 19.4. The van der Waals surface area contributed by atoms with Gasteiger partial charge in [0.15, 0.2) is 11.6 Å². The van der Waals surface area contributed by atoms with E-state index < -0.39 is 35.2 Å². The molecule has 0 radical (unpaired) electrons. The molecule has 2 rings (SSSR count). The Morgan fingerprint density at radius 1 is 0.929 bits per heavy atom. The van der Waals surface area contributed by atoms with Crippen LogP contribution in [0.25, 0.3) is 0 Å². The van der Waals surface area contributed by atoms with Crippen molar-refractivity contribution in [2.24, 2.45) is 0 Å². The van der Waals surface area contributed by atoms with Crippen molar-refractivity contribution >= 4 is 11.9 Å². The number of halogens is 4. The molecule has 0 N–H and O–H groups in total. The molecule has 0 aliphatic carbocycles. The van der Waals surface area contributed by atoms with E-state index >= 15 is 0 Å². The summed E-state index contributed by atoms with van der Waals surface area (Å²) in [5.41, 5.74) is -1.38. The number of unbranched alkanes of at least 4 members (excludes halogenated alkanes) is 2. The predicted octanol–water partition coefficient (Wildman–Crippen LogP) is 5.41. The quantitative estimate of drug-likeness (QED) is 0.271. The molecule has 0 aliphatic heterocycles. The fourth-order valence-electron chi connectivity index (χ4n) is 2.31. The van der Waals surface area contributed by atoms with Gasteiger partial charge in [0.1, 0.15) is 0 Å². The van der Waals surface area contributed by atoms with Crippen LogP contribution in [0.5, 0.6) is 5.75 Å². The first kappa shape index (κ1) is 21.4. The van der Waals surface area contributed by atoms with E-state index in [9.17, 15) is 27.2 Å². The third-order valence-electron chi connectivity index (χ3n) is 3.81. The number of hydrogen-bond donors (Lipinski definition) is 0. The summed E-state index contributed by atoms with van der Waals surface area (Å²) in [4.78, 5) is 23.9. The van der Waals surface area contributed by atoms with Gasteiger partial charge in [-0.15, -0.1) is 0 Å². The Morgan fingerprint density at radius 3 is 2.11 bits per heavy atom. The van der Waals surface area contributed by atoms with Crippen LogP contribution in [0.4, 0.5) is 17.6 Å². The topological polar surface area (TPSA) is 52.6 Å². The van der Waals surface area contributed by atoms with E-state index in [1.165, 1.54) is 24.3 Å². The Kier molecular flexibility index (Phi) is 7.14. The molecule has 150 valence electrons. The molecule has 0 fully saturated rings. The van der Waals surface area contributed by atoms with Crippen molar-refractivity contribution in [2.45, 2.75) is 32.4 Å². The van der Waals surface area contributed by atoms with Crippen molar-refractivity contribution in [1.29, 1.82) is 0 Å². The van der Waals surface area contributed by atoms with Crippen LogP contribution in [-0.2, 0) is 10.9 Å². The summed E-state index contributed by atoms with van der Waals surface area (Å²) in [7, 11) is 0. The minimum atomic E-state index is -4.91. The van der Waals surface area contributed by atoms with Crippen LogP contribution < -0.4 is 4.74 Å². The Labute approximate surface area is 159 Å². The Bertz CT molecular complexity index is 829. The monoisotopic (exact) mass is 398 g/mol. The normalized spacial score (nSPS) is 11.2. The molecule has 2 aromatic carbocycles. The lowest BCUT2D eigenvalue weighted by molar-refractivity contribution is -0.140. The van der Waals surface area contributed by atoms with E-state index in [0.717, 1.165) is 31.4 Å². The minimum Gasteiger partial charge on any atom is -0.462 e. The van der Waals surface area contributed by atoms with Gasteiger partial charge in [0.25, 0.3) is 0 Å². The van der Waals surface area contributed by atoms with Gasteiger partial charge in [0.05, 0.1) is 23.3 Å². The predicted molar refractivity (Wildman–Crippen MR) is 92.6 cm³/mol. The maximum atomic E-state index is 13.9. The molecule has 0 saturated heterocycles. The van der Waals surface area contributed by atoms with E-state index in [4.69, 9.17) is 9.47 Å². The zero-order chi connectivity index (χ0) is 20.7. The molecule has 0 unspecified atom stereocenters. The largest absolute Gasteiger partial charge is 0.462 e. The van der Waals surface area contributed by atoms with E-state index in [-0.39, 0.29) is 17.7 Å². The Morgan fingerprint density at radius 2 is 1.54 bits per heavy atom. The van der Waals surface area contributed by atoms with E-state index in [1.807, 2.05) is 6.92 Å². The van der Waals surface area contributed by atoms with Gasteiger partial charge in [-0.25, -0.2) is 14.0 Å². The Balaban J connectivity index is 2.05. The molecular weight excluding hydrogens is 380 g/mol. The van der Waals surface area contributed by atoms with Crippen LogP contribution in [0.3, 0.4) is 0 Å². The van der Waals surface area contributed by atoms with Gasteiger partial charge < -0.3 is 9.47 Å². The number of carbonyl (C=O) groups excluding carboxylic acids is 2. The molecule has 0 amide bonds. The molecule has 0 heterocycles. The van der Waals surface area contributed by atoms with Crippen LogP contribution in [0, 0.1) is 5.82 Å². The van der Waals surface area contributed by atoms with Crippen molar-refractivity contribution in [1.82, 2.24) is 0 Å². The van der Waals surface area contributed by atoms with Crippen molar-refractivity contribution in [3.05, 3.63) is 65.0 Å². The van der Waals surface area contributed by atoms with E-state index in [2.05, 4.69) is 0 Å². The van der Waals surface area contributed by atoms with Crippen LogP contribution in [0.1, 0.15) is 52.5 Å². The molecule has 0 aromatic heterocycles. The van der Waals surface area contributed by atoms with Gasteiger partial charge in [-0.3, -0.25) is 0 Å². The number of hydrogen-bond acceptors (Lipinski definition) is 4. The third kappa shape index (κ3) is 5.55. The average Bonchev–Trinajstić information content (AvgIpc) is 2.66. The molecule has 0 saturated carbocycles. The summed E-state index contributed by atoms with van der Waals surface area (Å²) >= 11 is 0. The summed E-state index contributed by atoms with van der Waals surface area (Å²) in [6.45, 7) is 2.30. The first-order valence-electron chi connectivity index (χ1n) is 8.59. The number of benzene rings is 2. The van der Waals surface area contributed by atoms with Crippen LogP contribution in [0.2, 0.25) is 0 Å². The fraction of sp³-hybridized carbons (Fsp3) is 0.300. The van der Waals surface area contributed by atoms with Gasteiger partial charge >= 0.3 is 18.1 Å². The lowest BCUT2D eigenvalue weighted by Gasteiger charge is -2.11. The highest BCUT2D eigenvalue weighted by Gasteiger charge is 2.35. The molecule has 0 aliphatic rings. The Hall–Kier alpha value is -2.90. The zero-order valence-electron chi connectivity index (χ0n) is 15.0. The van der Waals surface area contributed by atoms with Crippen LogP contribution in [0.15, 0.2) is 42.5 Å². The molecule has 0 spiro atoms. The number of carbonyl (C=O) groups is 2. The highest BCUT2D eigenvalue weighted by Crippen LogP contribution is 2.34. The lowest BCUT2D eigenvalue weighted by atomic mass is 10.1. The first-order valence-corrected chi connectivity index (χ1v) is 8.59. The maximum absolute atomic E-state index is 13.9. The second-order valence-electron chi connectivity index (χ2n) is 5.93. The highest BCUT2D eigenvalue weighted by molar-refractivity contribution is 5.94. The summed E-state index contributed by atoms with van der Waals surface area (Å²) < 4.78 is 61.9. The zero-order valence-corrected chi connectivity index (χ0v) is 15.0. The third-order valence-corrected chi connectivity index (χ3v) is 3.81. The van der Waals surface area contributed by atoms with Crippen molar-refractivity contribution in [3.63, 3.8) is 0 Å². The molecule has 2 aromatic rings. The summed E-state index contributed by atoms with van der Waals surface area (Å²) in [5, 5.41) is 0. The molecule has 8 heteroatoms. The van der Waals surface area contributed by atoms with Crippen LogP contribution >= 0.6 is 0 Å². The minimum absolute atomic E-state index is 0.0562. The molecule has 28 heavy (non-hydrogen) atoms. The SMILES string of the molecule is CCCCCOC(=O)c1ccc(C(=O)Oc2cccc(C(F)(F)F)c2F)cc1. The van der Waals surface area contributed by atoms with Gasteiger partial charge in [-0.1, -0.05) is 25.8 Å². The molecule has 0 bridgehead atoms. The average molecular weight is 398 g/mol. The van der Waals surface area contributed by atoms with Crippen molar-refractivity contribution in [2.75, 3.05) is 6.61 Å². The number of alkyl halides is 3. The van der Waals surface area contributed by atoms with Gasteiger partial charge in [-0.2, -0.15) is 13.2 Å². The molecular formula is C20H18F4O4. The summed E-state index contributed by atoms with van der Waals surface area (Å²) in [6, 6.07) is 7.54. The van der Waals surface area contributed by atoms with Gasteiger partial charge in [0.2, 0.25) is 0 Å². The molecule has 0 atom stereocenters. The van der Waals surface area contributed by atoms with E-state index in [1.54, 1.807) is 0 Å². The van der Waals surface area contributed by atoms with Gasteiger partial charge in [-0.05, 0) is 42.8 Å². The standard InChI is InChI=1S/C20H18F4O4/c1-2-3-4-12-27-18(25)13-8-10-14(11-9-13)19(26)28-16-7-5-6-15(17(16)21)20(22,23)24/h5-11H,2-4,12H2,1H3. The first-order chi connectivity index (χ1) is 13.2. The lowest BCUT2D eigenvalue weighted by Crippen LogP contribution is -2.13. The second kappa shape index (κ2) is 9.34.